The third-order valence-electron chi connectivity index (χ3n) is 5.21. The maximum absolute atomic E-state index is 5.50. The maximum Gasteiger partial charge on any atom is 0.191 e. The first-order valence-electron chi connectivity index (χ1n) is 10.0. The minimum atomic E-state index is 0. The molecular formula is C21H33IN6O. The molecule has 0 amide bonds. The standard InChI is InChI=1S/C21H32N6O.HI/c1-17(2)20(26-10-12-28-13-11-26)15-25-21(22-3)24-14-18-6-4-5-7-19(18)27-9-8-23-16-27;/h4-9,16-17,20H,10-15H2,1-3H3,(H2,22,24,25);1H. The van der Waals surface area contributed by atoms with E-state index in [9.17, 15) is 0 Å². The molecule has 1 unspecified atom stereocenters. The number of rotatable bonds is 7. The van der Waals surface area contributed by atoms with Crippen molar-refractivity contribution in [1.82, 2.24) is 25.1 Å². The van der Waals surface area contributed by atoms with Gasteiger partial charge in [0, 0.05) is 51.7 Å². The molecule has 1 saturated heterocycles. The van der Waals surface area contributed by atoms with Gasteiger partial charge in [0.15, 0.2) is 5.96 Å². The highest BCUT2D eigenvalue weighted by Gasteiger charge is 2.23. The van der Waals surface area contributed by atoms with Crippen molar-refractivity contribution in [3.05, 3.63) is 48.5 Å². The van der Waals surface area contributed by atoms with Crippen molar-refractivity contribution >= 4 is 29.9 Å². The molecule has 3 rings (SSSR count). The molecular weight excluding hydrogens is 479 g/mol. The van der Waals surface area contributed by atoms with Crippen LogP contribution in [0.15, 0.2) is 48.0 Å². The molecule has 1 atom stereocenters. The molecule has 8 heteroatoms. The Hall–Kier alpha value is -1.65. The fourth-order valence-corrected chi connectivity index (χ4v) is 3.61. The van der Waals surface area contributed by atoms with Crippen LogP contribution in [-0.2, 0) is 11.3 Å². The zero-order valence-corrected chi connectivity index (χ0v) is 19.9. The lowest BCUT2D eigenvalue weighted by atomic mass is 10.0. The van der Waals surface area contributed by atoms with Gasteiger partial charge in [-0.25, -0.2) is 4.98 Å². The summed E-state index contributed by atoms with van der Waals surface area (Å²) in [5.74, 6) is 1.38. The minimum Gasteiger partial charge on any atom is -0.379 e. The monoisotopic (exact) mass is 512 g/mol. The first kappa shape index (κ1) is 23.6. The molecule has 7 nitrogen and oxygen atoms in total. The fraction of sp³-hybridized carbons (Fsp3) is 0.524. The van der Waals surface area contributed by atoms with Gasteiger partial charge in [0.1, 0.15) is 0 Å². The summed E-state index contributed by atoms with van der Waals surface area (Å²) in [7, 11) is 1.82. The number of benzene rings is 1. The summed E-state index contributed by atoms with van der Waals surface area (Å²) >= 11 is 0. The summed E-state index contributed by atoms with van der Waals surface area (Å²) in [6, 6.07) is 8.78. The van der Waals surface area contributed by atoms with Gasteiger partial charge in [0.2, 0.25) is 0 Å². The Labute approximate surface area is 191 Å². The van der Waals surface area contributed by atoms with Gasteiger partial charge in [-0.1, -0.05) is 32.0 Å². The minimum absolute atomic E-state index is 0. The lowest BCUT2D eigenvalue weighted by Crippen LogP contribution is -2.52. The van der Waals surface area contributed by atoms with Crippen LogP contribution < -0.4 is 10.6 Å². The van der Waals surface area contributed by atoms with Crippen molar-refractivity contribution in [3.8, 4) is 5.69 Å². The summed E-state index contributed by atoms with van der Waals surface area (Å²) in [6.45, 7) is 9.74. The van der Waals surface area contributed by atoms with Crippen LogP contribution in [0.5, 0.6) is 0 Å². The van der Waals surface area contributed by atoms with E-state index in [0.29, 0.717) is 18.5 Å². The number of halogens is 1. The number of guanidine groups is 1. The van der Waals surface area contributed by atoms with E-state index in [1.54, 1.807) is 6.20 Å². The number of nitrogens with one attached hydrogen (secondary N) is 2. The third-order valence-corrected chi connectivity index (χ3v) is 5.21. The highest BCUT2D eigenvalue weighted by molar-refractivity contribution is 14.0. The highest BCUT2D eigenvalue weighted by atomic mass is 127. The molecule has 160 valence electrons. The van der Waals surface area contributed by atoms with Crippen LogP contribution in [0.4, 0.5) is 0 Å². The first-order chi connectivity index (χ1) is 13.7. The van der Waals surface area contributed by atoms with Crippen LogP contribution in [0, 0.1) is 5.92 Å². The molecule has 29 heavy (non-hydrogen) atoms. The molecule has 0 saturated carbocycles. The van der Waals surface area contributed by atoms with E-state index in [1.165, 1.54) is 5.56 Å². The van der Waals surface area contributed by atoms with Gasteiger partial charge in [-0.3, -0.25) is 9.89 Å². The Morgan fingerprint density at radius 1 is 1.21 bits per heavy atom. The molecule has 0 radical (unpaired) electrons. The number of hydrogen-bond donors (Lipinski definition) is 2. The predicted octanol–water partition coefficient (Wildman–Crippen LogP) is 2.51. The molecule has 0 spiro atoms. The number of ether oxygens (including phenoxy) is 1. The number of para-hydroxylation sites is 1. The second-order valence-corrected chi connectivity index (χ2v) is 7.37. The third kappa shape index (κ3) is 6.68. The lowest BCUT2D eigenvalue weighted by molar-refractivity contribution is 0.00752. The van der Waals surface area contributed by atoms with Crippen LogP contribution in [0.1, 0.15) is 19.4 Å². The Bertz CT molecular complexity index is 743. The maximum atomic E-state index is 5.50. The molecule has 0 aliphatic carbocycles. The van der Waals surface area contributed by atoms with Gasteiger partial charge in [0.05, 0.1) is 25.2 Å². The summed E-state index contributed by atoms with van der Waals surface area (Å²) < 4.78 is 7.53. The Morgan fingerprint density at radius 3 is 2.62 bits per heavy atom. The van der Waals surface area contributed by atoms with Crippen molar-refractivity contribution in [1.29, 1.82) is 0 Å². The number of hydrogen-bond acceptors (Lipinski definition) is 4. The van der Waals surface area contributed by atoms with Gasteiger partial charge in [-0.15, -0.1) is 24.0 Å². The molecule has 2 aromatic rings. The van der Waals surface area contributed by atoms with Gasteiger partial charge in [-0.2, -0.15) is 0 Å². The SMILES string of the molecule is CN=C(NCc1ccccc1-n1ccnc1)NCC(C(C)C)N1CCOCC1.I. The van der Waals surface area contributed by atoms with Crippen molar-refractivity contribution in [2.75, 3.05) is 39.9 Å². The highest BCUT2D eigenvalue weighted by Crippen LogP contribution is 2.14. The Morgan fingerprint density at radius 2 is 1.97 bits per heavy atom. The summed E-state index contributed by atoms with van der Waals surface area (Å²) in [6.07, 6.45) is 5.57. The predicted molar refractivity (Wildman–Crippen MR) is 128 cm³/mol. The number of morpholine rings is 1. The average Bonchev–Trinajstić information content (AvgIpc) is 3.26. The van der Waals surface area contributed by atoms with Crippen LogP contribution >= 0.6 is 24.0 Å². The number of imidazole rings is 1. The lowest BCUT2D eigenvalue weighted by Gasteiger charge is -2.37. The van der Waals surface area contributed by atoms with Crippen LogP contribution in [0.25, 0.3) is 5.69 Å². The van der Waals surface area contributed by atoms with E-state index >= 15 is 0 Å². The van der Waals surface area contributed by atoms with Gasteiger partial charge < -0.3 is 19.9 Å². The van der Waals surface area contributed by atoms with Gasteiger partial charge >= 0.3 is 0 Å². The number of nitrogens with zero attached hydrogens (tertiary/aromatic N) is 4. The molecule has 0 bridgehead atoms. The van der Waals surface area contributed by atoms with Gasteiger partial charge in [-0.05, 0) is 17.5 Å². The topological polar surface area (TPSA) is 66.7 Å². The van der Waals surface area contributed by atoms with E-state index in [2.05, 4.69) is 57.6 Å². The zero-order valence-electron chi connectivity index (χ0n) is 17.5. The van der Waals surface area contributed by atoms with Gasteiger partial charge in [0.25, 0.3) is 0 Å². The molecule has 1 aromatic carbocycles. The summed E-state index contributed by atoms with van der Waals surface area (Å²) in [5.41, 5.74) is 2.31. The fourth-order valence-electron chi connectivity index (χ4n) is 3.61. The zero-order chi connectivity index (χ0) is 19.8. The smallest absolute Gasteiger partial charge is 0.191 e. The quantitative estimate of drug-likeness (QED) is 0.339. The van der Waals surface area contributed by atoms with Crippen molar-refractivity contribution in [2.45, 2.75) is 26.4 Å². The number of aromatic nitrogens is 2. The summed E-state index contributed by atoms with van der Waals surface area (Å²) in [5, 5.41) is 6.96. The second-order valence-electron chi connectivity index (χ2n) is 7.37. The Balaban J connectivity index is 0.00000300. The molecule has 1 aromatic heterocycles. The van der Waals surface area contributed by atoms with E-state index in [1.807, 2.05) is 30.2 Å². The van der Waals surface area contributed by atoms with E-state index < -0.39 is 0 Å². The first-order valence-corrected chi connectivity index (χ1v) is 10.0. The molecule has 2 heterocycles. The second kappa shape index (κ2) is 12.1. The van der Waals surface area contributed by atoms with E-state index in [4.69, 9.17) is 4.74 Å². The molecule has 1 fully saturated rings. The van der Waals surface area contributed by atoms with Crippen molar-refractivity contribution in [2.24, 2.45) is 10.9 Å². The van der Waals surface area contributed by atoms with E-state index in [-0.39, 0.29) is 24.0 Å². The molecule has 2 N–H and O–H groups in total. The number of aliphatic imine (C=N–C) groups is 1. The van der Waals surface area contributed by atoms with E-state index in [0.717, 1.165) is 44.5 Å². The van der Waals surface area contributed by atoms with Crippen molar-refractivity contribution < 1.29 is 4.74 Å². The van der Waals surface area contributed by atoms with Crippen molar-refractivity contribution in [3.63, 3.8) is 0 Å². The van der Waals surface area contributed by atoms with Crippen LogP contribution in [0.3, 0.4) is 0 Å². The average molecular weight is 512 g/mol. The Kier molecular flexibility index (Phi) is 9.89. The van der Waals surface area contributed by atoms with Crippen LogP contribution in [0.2, 0.25) is 0 Å². The summed E-state index contributed by atoms with van der Waals surface area (Å²) in [4.78, 5) is 11.1. The molecule has 1 aliphatic heterocycles. The largest absolute Gasteiger partial charge is 0.379 e. The molecule has 1 aliphatic rings. The van der Waals surface area contributed by atoms with Crippen LogP contribution in [-0.4, -0.2) is 66.3 Å². The normalized spacial score (nSPS) is 16.3.